The molecule has 0 saturated carbocycles. The average molecular weight is 165 g/mol. The standard InChI is InChI=1S/C9H15N3/c1-9(2,12(3)4)8-5-6-10-7-11-8/h5-7H,1-4H3. The van der Waals surface area contributed by atoms with Crippen LogP contribution >= 0.6 is 0 Å². The van der Waals surface area contributed by atoms with E-state index in [1.54, 1.807) is 12.5 Å². The van der Waals surface area contributed by atoms with Gasteiger partial charge in [-0.3, -0.25) is 4.90 Å². The van der Waals surface area contributed by atoms with Crippen molar-refractivity contribution in [3.05, 3.63) is 24.3 Å². The van der Waals surface area contributed by atoms with Crippen molar-refractivity contribution >= 4 is 0 Å². The molecule has 0 saturated heterocycles. The van der Waals surface area contributed by atoms with Gasteiger partial charge in [0, 0.05) is 6.20 Å². The minimum Gasteiger partial charge on any atom is -0.299 e. The van der Waals surface area contributed by atoms with E-state index in [0.29, 0.717) is 0 Å². The van der Waals surface area contributed by atoms with Crippen LogP contribution in [0.4, 0.5) is 0 Å². The SMILES string of the molecule is CN(C)C(C)(C)c1ccncn1. The normalized spacial score (nSPS) is 12.1. The number of nitrogens with zero attached hydrogens (tertiary/aromatic N) is 3. The maximum Gasteiger partial charge on any atom is 0.115 e. The van der Waals surface area contributed by atoms with E-state index in [4.69, 9.17) is 0 Å². The van der Waals surface area contributed by atoms with Gasteiger partial charge in [-0.2, -0.15) is 0 Å². The Morgan fingerprint density at radius 3 is 2.42 bits per heavy atom. The van der Waals surface area contributed by atoms with E-state index >= 15 is 0 Å². The van der Waals surface area contributed by atoms with Gasteiger partial charge in [-0.1, -0.05) is 0 Å². The summed E-state index contributed by atoms with van der Waals surface area (Å²) in [5, 5.41) is 0. The molecule has 0 radical (unpaired) electrons. The third-order valence-electron chi connectivity index (χ3n) is 2.33. The van der Waals surface area contributed by atoms with Gasteiger partial charge in [0.25, 0.3) is 0 Å². The van der Waals surface area contributed by atoms with E-state index in [1.165, 1.54) is 0 Å². The lowest BCUT2D eigenvalue weighted by Crippen LogP contribution is -2.36. The van der Waals surface area contributed by atoms with Gasteiger partial charge >= 0.3 is 0 Å². The minimum absolute atomic E-state index is 0.0249. The molecule has 0 aromatic carbocycles. The molecule has 3 nitrogen and oxygen atoms in total. The van der Waals surface area contributed by atoms with E-state index in [0.717, 1.165) is 5.69 Å². The molecule has 0 atom stereocenters. The largest absolute Gasteiger partial charge is 0.299 e. The van der Waals surface area contributed by atoms with Gasteiger partial charge in [-0.25, -0.2) is 9.97 Å². The van der Waals surface area contributed by atoms with Gasteiger partial charge in [0.15, 0.2) is 0 Å². The highest BCUT2D eigenvalue weighted by molar-refractivity contribution is 5.09. The quantitative estimate of drug-likeness (QED) is 0.661. The third kappa shape index (κ3) is 1.61. The Morgan fingerprint density at radius 2 is 2.00 bits per heavy atom. The van der Waals surface area contributed by atoms with Crippen molar-refractivity contribution in [2.75, 3.05) is 14.1 Å². The molecule has 1 heterocycles. The highest BCUT2D eigenvalue weighted by Crippen LogP contribution is 2.21. The summed E-state index contributed by atoms with van der Waals surface area (Å²) in [6.45, 7) is 4.27. The smallest absolute Gasteiger partial charge is 0.115 e. The summed E-state index contributed by atoms with van der Waals surface area (Å²) in [6.07, 6.45) is 3.36. The van der Waals surface area contributed by atoms with E-state index in [2.05, 4.69) is 28.7 Å². The Balaban J connectivity index is 2.98. The van der Waals surface area contributed by atoms with Crippen LogP contribution in [-0.2, 0) is 5.54 Å². The first-order valence-electron chi connectivity index (χ1n) is 3.99. The molecule has 1 aromatic rings. The Morgan fingerprint density at radius 1 is 1.33 bits per heavy atom. The first-order valence-corrected chi connectivity index (χ1v) is 3.99. The molecule has 3 heteroatoms. The molecular formula is C9H15N3. The summed E-state index contributed by atoms with van der Waals surface area (Å²) in [5.74, 6) is 0. The molecule has 0 unspecified atom stereocenters. The van der Waals surface area contributed by atoms with Crippen LogP contribution in [0, 0.1) is 0 Å². The van der Waals surface area contributed by atoms with Crippen LogP contribution in [-0.4, -0.2) is 29.0 Å². The summed E-state index contributed by atoms with van der Waals surface area (Å²) in [7, 11) is 4.09. The zero-order valence-electron chi connectivity index (χ0n) is 8.07. The lowest BCUT2D eigenvalue weighted by Gasteiger charge is -2.31. The fourth-order valence-electron chi connectivity index (χ4n) is 0.882. The molecule has 0 aliphatic carbocycles. The molecular weight excluding hydrogens is 150 g/mol. The fraction of sp³-hybridized carbons (Fsp3) is 0.556. The monoisotopic (exact) mass is 165 g/mol. The zero-order valence-corrected chi connectivity index (χ0v) is 8.07. The Bertz CT molecular complexity index is 241. The second-order valence-corrected chi connectivity index (χ2v) is 3.55. The molecule has 12 heavy (non-hydrogen) atoms. The van der Waals surface area contributed by atoms with Crippen molar-refractivity contribution in [1.29, 1.82) is 0 Å². The number of aromatic nitrogens is 2. The minimum atomic E-state index is -0.0249. The summed E-state index contributed by atoms with van der Waals surface area (Å²) in [6, 6.07) is 1.94. The van der Waals surface area contributed by atoms with Crippen LogP contribution in [0.2, 0.25) is 0 Å². The van der Waals surface area contributed by atoms with Crippen molar-refractivity contribution in [2.24, 2.45) is 0 Å². The lowest BCUT2D eigenvalue weighted by molar-refractivity contribution is 0.191. The Labute approximate surface area is 73.5 Å². The maximum atomic E-state index is 4.22. The highest BCUT2D eigenvalue weighted by atomic mass is 15.1. The van der Waals surface area contributed by atoms with Crippen LogP contribution in [0.5, 0.6) is 0 Å². The van der Waals surface area contributed by atoms with E-state index in [1.807, 2.05) is 20.2 Å². The van der Waals surface area contributed by atoms with Gasteiger partial charge in [-0.05, 0) is 34.0 Å². The average Bonchev–Trinajstić information content (AvgIpc) is 2.06. The van der Waals surface area contributed by atoms with Crippen molar-refractivity contribution in [1.82, 2.24) is 14.9 Å². The molecule has 0 aliphatic rings. The first-order chi connectivity index (χ1) is 5.55. The van der Waals surface area contributed by atoms with Gasteiger partial charge in [0.2, 0.25) is 0 Å². The lowest BCUT2D eigenvalue weighted by atomic mass is 9.99. The highest BCUT2D eigenvalue weighted by Gasteiger charge is 2.23. The second kappa shape index (κ2) is 3.19. The molecule has 0 aliphatic heterocycles. The van der Waals surface area contributed by atoms with Gasteiger partial charge < -0.3 is 0 Å². The summed E-state index contributed by atoms with van der Waals surface area (Å²) in [5.41, 5.74) is 1.02. The van der Waals surface area contributed by atoms with Gasteiger partial charge in [0.1, 0.15) is 6.33 Å². The van der Waals surface area contributed by atoms with Crippen LogP contribution in [0.3, 0.4) is 0 Å². The molecule has 0 amide bonds. The molecule has 1 rings (SSSR count). The van der Waals surface area contributed by atoms with E-state index in [-0.39, 0.29) is 5.54 Å². The number of hydrogen-bond acceptors (Lipinski definition) is 3. The second-order valence-electron chi connectivity index (χ2n) is 3.55. The predicted molar refractivity (Wildman–Crippen MR) is 48.7 cm³/mol. The van der Waals surface area contributed by atoms with E-state index < -0.39 is 0 Å². The van der Waals surface area contributed by atoms with Crippen molar-refractivity contribution in [3.63, 3.8) is 0 Å². The molecule has 0 N–H and O–H groups in total. The van der Waals surface area contributed by atoms with Crippen molar-refractivity contribution < 1.29 is 0 Å². The predicted octanol–water partition coefficient (Wildman–Crippen LogP) is 1.27. The summed E-state index contributed by atoms with van der Waals surface area (Å²) >= 11 is 0. The van der Waals surface area contributed by atoms with Gasteiger partial charge in [0.05, 0.1) is 11.2 Å². The van der Waals surface area contributed by atoms with Crippen LogP contribution in [0.25, 0.3) is 0 Å². The third-order valence-corrected chi connectivity index (χ3v) is 2.33. The Hall–Kier alpha value is -0.960. The number of rotatable bonds is 2. The molecule has 1 aromatic heterocycles. The van der Waals surface area contributed by atoms with Crippen LogP contribution < -0.4 is 0 Å². The van der Waals surface area contributed by atoms with Crippen molar-refractivity contribution in [3.8, 4) is 0 Å². The molecule has 66 valence electrons. The Kier molecular flexibility index (Phi) is 2.43. The summed E-state index contributed by atoms with van der Waals surface area (Å²) < 4.78 is 0. The topological polar surface area (TPSA) is 29.0 Å². The van der Waals surface area contributed by atoms with Crippen LogP contribution in [0.15, 0.2) is 18.6 Å². The molecule has 0 spiro atoms. The van der Waals surface area contributed by atoms with Gasteiger partial charge in [-0.15, -0.1) is 0 Å². The van der Waals surface area contributed by atoms with Crippen LogP contribution in [0.1, 0.15) is 19.5 Å². The number of hydrogen-bond donors (Lipinski definition) is 0. The first kappa shape index (κ1) is 9.13. The van der Waals surface area contributed by atoms with E-state index in [9.17, 15) is 0 Å². The fourth-order valence-corrected chi connectivity index (χ4v) is 0.882. The zero-order chi connectivity index (χ0) is 9.19. The molecule has 0 bridgehead atoms. The summed E-state index contributed by atoms with van der Waals surface area (Å²) in [4.78, 5) is 10.2. The van der Waals surface area contributed by atoms with Crippen molar-refractivity contribution in [2.45, 2.75) is 19.4 Å². The maximum absolute atomic E-state index is 4.22. The molecule has 0 fully saturated rings.